The van der Waals surface area contributed by atoms with Gasteiger partial charge >= 0.3 is 5.97 Å². The van der Waals surface area contributed by atoms with Crippen LogP contribution in [0, 0.1) is 0 Å². The fraction of sp³-hybridized carbons (Fsp3) is 0.353. The van der Waals surface area contributed by atoms with Crippen molar-refractivity contribution in [2.24, 2.45) is 0 Å². The van der Waals surface area contributed by atoms with Gasteiger partial charge in [0.05, 0.1) is 40.2 Å². The molecular formula is C34H39N3O8. The van der Waals surface area contributed by atoms with Crippen LogP contribution in [0.3, 0.4) is 0 Å². The molecule has 0 saturated carbocycles. The molecule has 3 aromatic rings. The number of carbonyl (C=O) groups is 3. The van der Waals surface area contributed by atoms with E-state index in [9.17, 15) is 19.2 Å². The Kier molecular flexibility index (Phi) is 10.7. The second-order valence-electron chi connectivity index (χ2n) is 10.7. The van der Waals surface area contributed by atoms with E-state index in [2.05, 4.69) is 16.0 Å². The Hall–Kier alpha value is -5.06. The van der Waals surface area contributed by atoms with Crippen LogP contribution in [0.25, 0.3) is 11.1 Å². The van der Waals surface area contributed by atoms with Crippen LogP contribution in [0.1, 0.15) is 43.0 Å². The number of hydrogen-bond acceptors (Lipinski definition) is 9. The third-order valence-corrected chi connectivity index (χ3v) is 7.77. The van der Waals surface area contributed by atoms with Crippen molar-refractivity contribution in [3.63, 3.8) is 0 Å². The number of ether oxygens (including phenoxy) is 4. The lowest BCUT2D eigenvalue weighted by Crippen LogP contribution is -2.48. The average molecular weight is 618 g/mol. The van der Waals surface area contributed by atoms with Crippen molar-refractivity contribution in [3.05, 3.63) is 81.5 Å². The summed E-state index contributed by atoms with van der Waals surface area (Å²) in [5.41, 5.74) is 3.49. The third kappa shape index (κ3) is 7.36. The predicted molar refractivity (Wildman–Crippen MR) is 170 cm³/mol. The molecule has 0 aromatic heterocycles. The monoisotopic (exact) mass is 617 g/mol. The van der Waals surface area contributed by atoms with E-state index in [1.165, 1.54) is 34.3 Å². The van der Waals surface area contributed by atoms with Gasteiger partial charge in [-0.2, -0.15) is 0 Å². The molecule has 3 atom stereocenters. The number of benzene rings is 2. The van der Waals surface area contributed by atoms with E-state index in [1.54, 1.807) is 26.2 Å². The second-order valence-corrected chi connectivity index (χ2v) is 10.7. The molecule has 0 spiro atoms. The van der Waals surface area contributed by atoms with Crippen LogP contribution in [0.2, 0.25) is 0 Å². The molecule has 3 aromatic carbocycles. The molecule has 0 saturated heterocycles. The van der Waals surface area contributed by atoms with Gasteiger partial charge in [-0.3, -0.25) is 14.4 Å². The third-order valence-electron chi connectivity index (χ3n) is 7.77. The molecule has 1 aliphatic rings. The molecule has 238 valence electrons. The zero-order valence-corrected chi connectivity index (χ0v) is 26.3. The minimum atomic E-state index is -0.918. The van der Waals surface area contributed by atoms with Gasteiger partial charge in [-0.15, -0.1) is 0 Å². The summed E-state index contributed by atoms with van der Waals surface area (Å²) in [5, 5.41) is 8.72. The summed E-state index contributed by atoms with van der Waals surface area (Å²) in [7, 11) is 5.85. The number of carbonyl (C=O) groups excluding carboxylic acids is 3. The Morgan fingerprint density at radius 1 is 0.933 bits per heavy atom. The van der Waals surface area contributed by atoms with E-state index in [-0.39, 0.29) is 23.4 Å². The molecule has 2 amide bonds. The maximum absolute atomic E-state index is 13.6. The van der Waals surface area contributed by atoms with Crippen LogP contribution in [-0.2, 0) is 32.0 Å². The molecule has 11 nitrogen and oxygen atoms in total. The molecule has 11 heteroatoms. The highest BCUT2D eigenvalue weighted by molar-refractivity contribution is 5.89. The first kappa shape index (κ1) is 32.8. The van der Waals surface area contributed by atoms with Crippen molar-refractivity contribution in [3.8, 4) is 28.4 Å². The lowest BCUT2D eigenvalue weighted by Gasteiger charge is -2.20. The number of amides is 2. The topological polar surface area (TPSA) is 141 Å². The van der Waals surface area contributed by atoms with Gasteiger partial charge in [-0.25, -0.2) is 4.79 Å². The standard InChI is InChI=1S/C34H39N3O8/c1-19(33(40)37-27(34(41)45-6)16-21-10-8-7-9-11-21)35-26-15-13-23-24(18-28(26)39)25(36-20(2)38)14-12-22-17-29(42-3)31(43-4)32(44-5)30(22)23/h7-11,13,15,17-19,25,27H,12,14,16H2,1-6H3,(H,35,39)(H,36,38)(H,37,40)/t19-,25-,27-/m0/s1. The van der Waals surface area contributed by atoms with E-state index >= 15 is 0 Å². The van der Waals surface area contributed by atoms with E-state index < -0.39 is 30.0 Å². The van der Waals surface area contributed by atoms with Crippen molar-refractivity contribution >= 4 is 23.5 Å². The van der Waals surface area contributed by atoms with Crippen LogP contribution >= 0.6 is 0 Å². The van der Waals surface area contributed by atoms with Crippen molar-refractivity contribution in [1.29, 1.82) is 0 Å². The number of hydrogen-bond donors (Lipinski definition) is 3. The second kappa shape index (κ2) is 14.6. The zero-order valence-electron chi connectivity index (χ0n) is 26.3. The van der Waals surface area contributed by atoms with Gasteiger partial charge in [0.1, 0.15) is 12.1 Å². The first-order valence-electron chi connectivity index (χ1n) is 14.6. The number of fused-ring (bicyclic) bond motifs is 3. The van der Waals surface area contributed by atoms with Gasteiger partial charge in [-0.1, -0.05) is 36.4 Å². The molecule has 1 aliphatic carbocycles. The lowest BCUT2D eigenvalue weighted by molar-refractivity contribution is -0.145. The van der Waals surface area contributed by atoms with Gasteiger partial charge in [0.15, 0.2) is 11.5 Å². The van der Waals surface area contributed by atoms with E-state index in [4.69, 9.17) is 18.9 Å². The maximum Gasteiger partial charge on any atom is 0.328 e. The van der Waals surface area contributed by atoms with Gasteiger partial charge < -0.3 is 34.9 Å². The largest absolute Gasteiger partial charge is 0.493 e. The molecule has 0 unspecified atom stereocenters. The van der Waals surface area contributed by atoms with Crippen molar-refractivity contribution in [1.82, 2.24) is 10.6 Å². The Balaban J connectivity index is 1.73. The van der Waals surface area contributed by atoms with Crippen LogP contribution < -0.4 is 35.6 Å². The van der Waals surface area contributed by atoms with E-state index in [1.807, 2.05) is 36.4 Å². The zero-order chi connectivity index (χ0) is 32.7. The molecule has 3 N–H and O–H groups in total. The number of anilines is 1. The summed E-state index contributed by atoms with van der Waals surface area (Å²) < 4.78 is 22.0. The SMILES string of the molecule is COC(=O)[C@H](Cc1ccccc1)NC(=O)[C@H](C)Nc1ccc2c(cc1=O)[C@@H](NC(C)=O)CCc1cc(OC)c(OC)c(OC)c1-2. The van der Waals surface area contributed by atoms with Crippen molar-refractivity contribution < 1.29 is 33.3 Å². The number of aryl methyl sites for hydroxylation is 1. The minimum Gasteiger partial charge on any atom is -0.493 e. The van der Waals surface area contributed by atoms with Gasteiger partial charge in [0.25, 0.3) is 0 Å². The summed E-state index contributed by atoms with van der Waals surface area (Å²) in [6.45, 7) is 3.03. The number of methoxy groups -OCH3 is 4. The van der Waals surface area contributed by atoms with Gasteiger partial charge in [0, 0.05) is 18.9 Å². The van der Waals surface area contributed by atoms with Crippen LogP contribution in [-0.4, -0.2) is 58.3 Å². The molecule has 0 heterocycles. The molecule has 0 fully saturated rings. The molecule has 45 heavy (non-hydrogen) atoms. The number of rotatable bonds is 11. The Bertz CT molecular complexity index is 1630. The molecule has 0 aliphatic heterocycles. The summed E-state index contributed by atoms with van der Waals surface area (Å²) in [6, 6.07) is 13.7. The molecule has 4 rings (SSSR count). The lowest BCUT2D eigenvalue weighted by atomic mass is 9.95. The quantitative estimate of drug-likeness (QED) is 0.276. The highest BCUT2D eigenvalue weighted by atomic mass is 16.5. The fourth-order valence-electron chi connectivity index (χ4n) is 5.61. The van der Waals surface area contributed by atoms with Crippen molar-refractivity contribution in [2.45, 2.75) is 51.2 Å². The average Bonchev–Trinajstić information content (AvgIpc) is 3.27. The Morgan fingerprint density at radius 3 is 2.27 bits per heavy atom. The van der Waals surface area contributed by atoms with Crippen molar-refractivity contribution in [2.75, 3.05) is 33.8 Å². The van der Waals surface area contributed by atoms with E-state index in [0.717, 1.165) is 11.1 Å². The highest BCUT2D eigenvalue weighted by Gasteiger charge is 2.30. The van der Waals surface area contributed by atoms with Gasteiger partial charge in [0.2, 0.25) is 23.0 Å². The summed E-state index contributed by atoms with van der Waals surface area (Å²) >= 11 is 0. The molecular weight excluding hydrogens is 578 g/mol. The Morgan fingerprint density at radius 2 is 1.64 bits per heavy atom. The predicted octanol–water partition coefficient (Wildman–Crippen LogP) is 3.56. The first-order valence-corrected chi connectivity index (χ1v) is 14.6. The first-order chi connectivity index (χ1) is 21.6. The normalized spacial score (nSPS) is 14.8. The van der Waals surface area contributed by atoms with Crippen LogP contribution in [0.5, 0.6) is 17.2 Å². The fourth-order valence-corrected chi connectivity index (χ4v) is 5.61. The minimum absolute atomic E-state index is 0.158. The summed E-state index contributed by atoms with van der Waals surface area (Å²) in [5.74, 6) is 0.0197. The number of esters is 1. The molecule has 0 bridgehead atoms. The van der Waals surface area contributed by atoms with Crippen LogP contribution in [0.4, 0.5) is 5.69 Å². The summed E-state index contributed by atoms with van der Waals surface area (Å²) in [4.78, 5) is 51.6. The van der Waals surface area contributed by atoms with E-state index in [0.29, 0.717) is 46.8 Å². The smallest absolute Gasteiger partial charge is 0.328 e. The number of nitrogens with one attached hydrogen (secondary N) is 3. The maximum atomic E-state index is 13.6. The highest BCUT2D eigenvalue weighted by Crippen LogP contribution is 2.50. The van der Waals surface area contributed by atoms with Gasteiger partial charge in [-0.05, 0) is 60.2 Å². The Labute approximate surface area is 262 Å². The molecule has 0 radical (unpaired) electrons. The summed E-state index contributed by atoms with van der Waals surface area (Å²) in [6.07, 6.45) is 1.32. The van der Waals surface area contributed by atoms with Crippen LogP contribution in [0.15, 0.2) is 59.4 Å².